The van der Waals surface area contributed by atoms with E-state index in [0.717, 1.165) is 0 Å². The van der Waals surface area contributed by atoms with Gasteiger partial charge in [0.25, 0.3) is 5.91 Å². The molecular formula is C13H8ClFINO2. The van der Waals surface area contributed by atoms with Crippen LogP contribution < -0.4 is 5.32 Å². The van der Waals surface area contributed by atoms with Gasteiger partial charge in [0.2, 0.25) is 0 Å². The summed E-state index contributed by atoms with van der Waals surface area (Å²) in [4.78, 5) is 12.0. The minimum atomic E-state index is -0.552. The maximum atomic E-state index is 13.3. The molecule has 2 rings (SSSR count). The summed E-state index contributed by atoms with van der Waals surface area (Å²) in [6.07, 6.45) is 0. The largest absolute Gasteiger partial charge is 0.507 e. The van der Waals surface area contributed by atoms with E-state index in [1.807, 2.05) is 0 Å². The van der Waals surface area contributed by atoms with E-state index in [4.69, 9.17) is 11.6 Å². The lowest BCUT2D eigenvalue weighted by Gasteiger charge is -2.09. The number of carbonyl (C=O) groups is 1. The molecule has 0 spiro atoms. The highest BCUT2D eigenvalue weighted by atomic mass is 127. The molecule has 0 aliphatic carbocycles. The van der Waals surface area contributed by atoms with Crippen molar-refractivity contribution in [3.8, 4) is 5.75 Å². The van der Waals surface area contributed by atoms with Crippen LogP contribution in [-0.4, -0.2) is 11.0 Å². The smallest absolute Gasteiger partial charge is 0.259 e. The molecule has 98 valence electrons. The fourth-order valence-corrected chi connectivity index (χ4v) is 2.15. The molecule has 0 radical (unpaired) electrons. The SMILES string of the molecule is O=C(Nc1cccc(F)c1I)c1cc(Cl)ccc1O. The minimum Gasteiger partial charge on any atom is -0.507 e. The summed E-state index contributed by atoms with van der Waals surface area (Å²) in [6.45, 7) is 0. The van der Waals surface area contributed by atoms with E-state index in [-0.39, 0.29) is 11.3 Å². The van der Waals surface area contributed by atoms with Gasteiger partial charge in [-0.3, -0.25) is 4.79 Å². The Hall–Kier alpha value is -1.34. The van der Waals surface area contributed by atoms with Crippen LogP contribution in [0.15, 0.2) is 36.4 Å². The van der Waals surface area contributed by atoms with Crippen molar-refractivity contribution in [1.82, 2.24) is 0 Å². The topological polar surface area (TPSA) is 49.3 Å². The lowest BCUT2D eigenvalue weighted by Crippen LogP contribution is -2.13. The second-order valence-electron chi connectivity index (χ2n) is 3.72. The molecule has 0 fully saturated rings. The van der Waals surface area contributed by atoms with Gasteiger partial charge in [0, 0.05) is 5.02 Å². The molecule has 6 heteroatoms. The predicted molar refractivity (Wildman–Crippen MR) is 80.2 cm³/mol. The van der Waals surface area contributed by atoms with E-state index in [0.29, 0.717) is 14.3 Å². The first kappa shape index (κ1) is 14.1. The van der Waals surface area contributed by atoms with E-state index in [2.05, 4.69) is 5.32 Å². The average Bonchev–Trinajstić information content (AvgIpc) is 2.38. The van der Waals surface area contributed by atoms with Gasteiger partial charge >= 0.3 is 0 Å². The highest BCUT2D eigenvalue weighted by Crippen LogP contribution is 2.25. The van der Waals surface area contributed by atoms with Gasteiger partial charge < -0.3 is 10.4 Å². The molecule has 2 N–H and O–H groups in total. The van der Waals surface area contributed by atoms with Gasteiger partial charge in [-0.15, -0.1) is 0 Å². The summed E-state index contributed by atoms with van der Waals surface area (Å²) in [5.74, 6) is -1.16. The molecule has 0 atom stereocenters. The Morgan fingerprint density at radius 3 is 2.79 bits per heavy atom. The van der Waals surface area contributed by atoms with Gasteiger partial charge in [-0.25, -0.2) is 4.39 Å². The summed E-state index contributed by atoms with van der Waals surface area (Å²) in [7, 11) is 0. The molecule has 2 aromatic carbocycles. The van der Waals surface area contributed by atoms with Crippen LogP contribution in [0.5, 0.6) is 5.75 Å². The third kappa shape index (κ3) is 3.16. The lowest BCUT2D eigenvalue weighted by atomic mass is 10.2. The van der Waals surface area contributed by atoms with Gasteiger partial charge in [0.15, 0.2) is 0 Å². The zero-order valence-corrected chi connectivity index (χ0v) is 12.4. The van der Waals surface area contributed by atoms with Crippen LogP contribution in [0.25, 0.3) is 0 Å². The van der Waals surface area contributed by atoms with Crippen molar-refractivity contribution >= 4 is 45.8 Å². The first-order valence-corrected chi connectivity index (χ1v) is 6.68. The van der Waals surface area contributed by atoms with Crippen molar-refractivity contribution in [2.75, 3.05) is 5.32 Å². The first-order valence-electron chi connectivity index (χ1n) is 5.23. The van der Waals surface area contributed by atoms with Crippen LogP contribution in [0.3, 0.4) is 0 Å². The average molecular weight is 392 g/mol. The van der Waals surface area contributed by atoms with Crippen LogP contribution in [0.1, 0.15) is 10.4 Å². The molecule has 3 nitrogen and oxygen atoms in total. The molecule has 1 amide bonds. The van der Waals surface area contributed by atoms with Crippen molar-refractivity contribution < 1.29 is 14.3 Å². The van der Waals surface area contributed by atoms with Gasteiger partial charge in [-0.1, -0.05) is 17.7 Å². The maximum absolute atomic E-state index is 13.3. The molecule has 0 unspecified atom stereocenters. The van der Waals surface area contributed by atoms with E-state index in [9.17, 15) is 14.3 Å². The zero-order valence-electron chi connectivity index (χ0n) is 9.45. The van der Waals surface area contributed by atoms with Gasteiger partial charge in [-0.05, 0) is 52.9 Å². The highest BCUT2D eigenvalue weighted by molar-refractivity contribution is 14.1. The number of phenols is 1. The third-order valence-electron chi connectivity index (χ3n) is 2.40. The number of anilines is 1. The predicted octanol–water partition coefficient (Wildman–Crippen LogP) is 4.04. The van der Waals surface area contributed by atoms with Crippen LogP contribution >= 0.6 is 34.2 Å². The molecule has 0 aliphatic heterocycles. The molecule has 0 heterocycles. The number of halogens is 3. The molecule has 0 saturated carbocycles. The van der Waals surface area contributed by atoms with Gasteiger partial charge in [-0.2, -0.15) is 0 Å². The van der Waals surface area contributed by atoms with Crippen molar-refractivity contribution in [2.45, 2.75) is 0 Å². The number of rotatable bonds is 2. The van der Waals surface area contributed by atoms with E-state index in [1.54, 1.807) is 28.7 Å². The molecule has 2 aromatic rings. The van der Waals surface area contributed by atoms with Crippen molar-refractivity contribution in [1.29, 1.82) is 0 Å². The van der Waals surface area contributed by atoms with E-state index < -0.39 is 11.7 Å². The lowest BCUT2D eigenvalue weighted by molar-refractivity contribution is 0.102. The Bertz CT molecular complexity index is 649. The summed E-state index contributed by atoms with van der Waals surface area (Å²) in [6, 6.07) is 8.51. The monoisotopic (exact) mass is 391 g/mol. The maximum Gasteiger partial charge on any atom is 0.259 e. The Morgan fingerprint density at radius 2 is 2.05 bits per heavy atom. The summed E-state index contributed by atoms with van der Waals surface area (Å²) in [5.41, 5.74) is 0.373. The third-order valence-corrected chi connectivity index (χ3v) is 3.73. The number of aromatic hydroxyl groups is 1. The normalized spacial score (nSPS) is 10.3. The number of phenolic OH excluding ortho intramolecular Hbond substituents is 1. The number of carbonyl (C=O) groups excluding carboxylic acids is 1. The number of hydrogen-bond acceptors (Lipinski definition) is 2. The van der Waals surface area contributed by atoms with Crippen molar-refractivity contribution in [3.05, 3.63) is 56.4 Å². The van der Waals surface area contributed by atoms with E-state index >= 15 is 0 Å². The molecule has 0 aromatic heterocycles. The molecule has 0 aliphatic rings. The summed E-state index contributed by atoms with van der Waals surface area (Å²) >= 11 is 7.56. The van der Waals surface area contributed by atoms with Crippen molar-refractivity contribution in [2.24, 2.45) is 0 Å². The van der Waals surface area contributed by atoms with Gasteiger partial charge in [0.05, 0.1) is 14.8 Å². The summed E-state index contributed by atoms with van der Waals surface area (Å²) in [5, 5.41) is 12.5. The quantitative estimate of drug-likeness (QED) is 0.759. The number of amides is 1. The first-order chi connectivity index (χ1) is 8.99. The molecule has 0 saturated heterocycles. The van der Waals surface area contributed by atoms with Crippen molar-refractivity contribution in [3.63, 3.8) is 0 Å². The Kier molecular flexibility index (Phi) is 4.26. The van der Waals surface area contributed by atoms with Crippen LogP contribution in [-0.2, 0) is 0 Å². The molecule has 19 heavy (non-hydrogen) atoms. The molecular weight excluding hydrogens is 384 g/mol. The molecule has 0 bridgehead atoms. The number of hydrogen-bond donors (Lipinski definition) is 2. The van der Waals surface area contributed by atoms with Crippen LogP contribution in [0, 0.1) is 9.39 Å². The minimum absolute atomic E-state index is 0.0348. The fraction of sp³-hybridized carbons (Fsp3) is 0. The fourth-order valence-electron chi connectivity index (χ4n) is 1.48. The Balaban J connectivity index is 2.31. The standard InChI is InChI=1S/C13H8ClFINO2/c14-7-4-5-11(18)8(6-7)13(19)17-10-3-1-2-9(15)12(10)16/h1-6,18H,(H,17,19). The van der Waals surface area contributed by atoms with E-state index in [1.165, 1.54) is 30.3 Å². The second-order valence-corrected chi connectivity index (χ2v) is 5.23. The Labute approximate surface area is 127 Å². The second kappa shape index (κ2) is 5.75. The summed E-state index contributed by atoms with van der Waals surface area (Å²) < 4.78 is 13.6. The van der Waals surface area contributed by atoms with Gasteiger partial charge in [0.1, 0.15) is 11.6 Å². The number of benzene rings is 2. The Morgan fingerprint density at radius 1 is 1.32 bits per heavy atom. The highest BCUT2D eigenvalue weighted by Gasteiger charge is 2.14. The van der Waals surface area contributed by atoms with Crippen LogP contribution in [0.4, 0.5) is 10.1 Å². The van der Waals surface area contributed by atoms with Crippen LogP contribution in [0.2, 0.25) is 5.02 Å². The zero-order chi connectivity index (χ0) is 14.0. The number of nitrogens with one attached hydrogen (secondary N) is 1.